The van der Waals surface area contributed by atoms with Crippen molar-refractivity contribution in [3.05, 3.63) is 41.7 Å². The number of nitrogens with one attached hydrogen (secondary N) is 1. The topological polar surface area (TPSA) is 69.0 Å². The maximum Gasteiger partial charge on any atom is 0.273 e. The van der Waals surface area contributed by atoms with Crippen molar-refractivity contribution in [3.63, 3.8) is 0 Å². The smallest absolute Gasteiger partial charge is 0.273 e. The molecule has 6 heteroatoms. The Morgan fingerprint density at radius 2 is 2.17 bits per heavy atom. The zero-order chi connectivity index (χ0) is 16.2. The quantitative estimate of drug-likeness (QED) is 0.919. The number of carbonyl (C=O) groups excluding carboxylic acids is 1. The molecule has 1 aromatic heterocycles. The maximum absolute atomic E-state index is 12.5. The molecule has 0 radical (unpaired) electrons. The number of carbonyl (C=O) groups is 1. The Hall–Kier alpha value is -2.21. The van der Waals surface area contributed by atoms with Crippen LogP contribution < -0.4 is 5.32 Å². The van der Waals surface area contributed by atoms with Crippen molar-refractivity contribution in [3.8, 4) is 5.69 Å². The van der Waals surface area contributed by atoms with Gasteiger partial charge in [-0.3, -0.25) is 4.79 Å². The Bertz CT molecular complexity index is 660. The fraction of sp³-hybridized carbons (Fsp3) is 0.471. The van der Waals surface area contributed by atoms with Crippen LogP contribution in [0.5, 0.6) is 0 Å². The van der Waals surface area contributed by atoms with Crippen molar-refractivity contribution >= 4 is 5.91 Å². The minimum absolute atomic E-state index is 0.116. The summed E-state index contributed by atoms with van der Waals surface area (Å²) in [6.07, 6.45) is 2.17. The molecular weight excluding hydrogens is 292 g/mol. The molecule has 1 N–H and O–H groups in total. The van der Waals surface area contributed by atoms with Crippen molar-refractivity contribution in [1.29, 1.82) is 0 Å². The Labute approximate surface area is 135 Å². The van der Waals surface area contributed by atoms with Crippen LogP contribution in [0.4, 0.5) is 0 Å². The van der Waals surface area contributed by atoms with Crippen LogP contribution >= 0.6 is 0 Å². The van der Waals surface area contributed by atoms with E-state index in [9.17, 15) is 4.79 Å². The van der Waals surface area contributed by atoms with Gasteiger partial charge in [0, 0.05) is 13.2 Å². The third-order valence-electron chi connectivity index (χ3n) is 3.98. The van der Waals surface area contributed by atoms with Gasteiger partial charge in [-0.05, 0) is 30.9 Å². The summed E-state index contributed by atoms with van der Waals surface area (Å²) in [5.74, 6) is -0.0555. The molecule has 1 saturated heterocycles. The first kappa shape index (κ1) is 15.7. The van der Waals surface area contributed by atoms with E-state index in [0.717, 1.165) is 30.8 Å². The predicted molar refractivity (Wildman–Crippen MR) is 86.8 cm³/mol. The summed E-state index contributed by atoms with van der Waals surface area (Å²) in [5, 5.41) is 11.2. The maximum atomic E-state index is 12.5. The van der Waals surface area contributed by atoms with Gasteiger partial charge in [0.25, 0.3) is 5.91 Å². The summed E-state index contributed by atoms with van der Waals surface area (Å²) < 4.78 is 7.28. The van der Waals surface area contributed by atoms with Crippen LogP contribution in [0.2, 0.25) is 0 Å². The highest BCUT2D eigenvalue weighted by Crippen LogP contribution is 2.21. The van der Waals surface area contributed by atoms with Crippen molar-refractivity contribution < 1.29 is 9.53 Å². The molecule has 0 saturated carbocycles. The van der Waals surface area contributed by atoms with E-state index in [1.807, 2.05) is 44.2 Å². The molecule has 3 rings (SSSR count). The summed E-state index contributed by atoms with van der Waals surface area (Å²) in [6.45, 7) is 5.38. The Kier molecular flexibility index (Phi) is 4.71. The molecule has 2 heterocycles. The molecule has 122 valence electrons. The Morgan fingerprint density at radius 3 is 2.83 bits per heavy atom. The Morgan fingerprint density at radius 1 is 1.39 bits per heavy atom. The SMILES string of the molecule is CC(C)c1c(C(=O)NCC2CCCO2)nnn1-c1ccccc1. The van der Waals surface area contributed by atoms with Crippen molar-refractivity contribution in [2.45, 2.75) is 38.7 Å². The van der Waals surface area contributed by atoms with E-state index < -0.39 is 0 Å². The highest BCUT2D eigenvalue weighted by Gasteiger charge is 2.24. The number of para-hydroxylation sites is 1. The van der Waals surface area contributed by atoms with E-state index in [1.54, 1.807) is 4.68 Å². The summed E-state index contributed by atoms with van der Waals surface area (Å²) in [4.78, 5) is 12.5. The second kappa shape index (κ2) is 6.91. The van der Waals surface area contributed by atoms with Gasteiger partial charge in [0.2, 0.25) is 0 Å². The molecule has 1 aliphatic heterocycles. The second-order valence-corrected chi connectivity index (χ2v) is 6.07. The molecular formula is C17H22N4O2. The number of hydrogen-bond donors (Lipinski definition) is 1. The van der Waals surface area contributed by atoms with E-state index in [-0.39, 0.29) is 17.9 Å². The van der Waals surface area contributed by atoms with Gasteiger partial charge in [0.1, 0.15) is 0 Å². The van der Waals surface area contributed by atoms with Crippen LogP contribution in [-0.2, 0) is 4.74 Å². The molecule has 1 unspecified atom stereocenters. The minimum atomic E-state index is -0.189. The average molecular weight is 314 g/mol. The number of nitrogens with zero attached hydrogens (tertiary/aromatic N) is 3. The van der Waals surface area contributed by atoms with Crippen molar-refractivity contribution in [2.75, 3.05) is 13.2 Å². The van der Waals surface area contributed by atoms with Gasteiger partial charge in [0.05, 0.1) is 17.5 Å². The number of rotatable bonds is 5. The van der Waals surface area contributed by atoms with Crippen LogP contribution in [0, 0.1) is 0 Å². The monoisotopic (exact) mass is 314 g/mol. The number of benzene rings is 1. The van der Waals surface area contributed by atoms with E-state index in [1.165, 1.54) is 0 Å². The zero-order valence-corrected chi connectivity index (χ0v) is 13.5. The van der Waals surface area contributed by atoms with Gasteiger partial charge in [-0.2, -0.15) is 0 Å². The van der Waals surface area contributed by atoms with Crippen LogP contribution in [-0.4, -0.2) is 40.2 Å². The predicted octanol–water partition coefficient (Wildman–Crippen LogP) is 2.30. The minimum Gasteiger partial charge on any atom is -0.376 e. The van der Waals surface area contributed by atoms with Crippen molar-refractivity contribution in [1.82, 2.24) is 20.3 Å². The molecule has 1 aromatic carbocycles. The van der Waals surface area contributed by atoms with E-state index in [4.69, 9.17) is 4.74 Å². The lowest BCUT2D eigenvalue weighted by Crippen LogP contribution is -2.32. The summed E-state index contributed by atoms with van der Waals surface area (Å²) in [6, 6.07) is 9.74. The highest BCUT2D eigenvalue weighted by atomic mass is 16.5. The number of hydrogen-bond acceptors (Lipinski definition) is 4. The fourth-order valence-corrected chi connectivity index (χ4v) is 2.82. The molecule has 1 atom stereocenters. The van der Waals surface area contributed by atoms with Crippen LogP contribution in [0.3, 0.4) is 0 Å². The molecule has 0 bridgehead atoms. The molecule has 0 spiro atoms. The van der Waals surface area contributed by atoms with Crippen molar-refractivity contribution in [2.24, 2.45) is 0 Å². The van der Waals surface area contributed by atoms with Gasteiger partial charge in [0.15, 0.2) is 5.69 Å². The Balaban J connectivity index is 1.81. The standard InChI is InChI=1S/C17H22N4O2/c1-12(2)16-15(17(22)18-11-14-9-6-10-23-14)19-20-21(16)13-7-4-3-5-8-13/h3-5,7-8,12,14H,6,9-11H2,1-2H3,(H,18,22). The van der Waals surface area contributed by atoms with Gasteiger partial charge >= 0.3 is 0 Å². The third-order valence-corrected chi connectivity index (χ3v) is 3.98. The average Bonchev–Trinajstić information content (AvgIpc) is 3.22. The summed E-state index contributed by atoms with van der Waals surface area (Å²) in [7, 11) is 0. The van der Waals surface area contributed by atoms with E-state index >= 15 is 0 Å². The van der Waals surface area contributed by atoms with Crippen LogP contribution in [0.15, 0.2) is 30.3 Å². The lowest BCUT2D eigenvalue weighted by Gasteiger charge is -2.12. The largest absolute Gasteiger partial charge is 0.376 e. The molecule has 0 aliphatic carbocycles. The molecule has 1 amide bonds. The summed E-state index contributed by atoms with van der Waals surface area (Å²) >= 11 is 0. The molecule has 6 nitrogen and oxygen atoms in total. The first-order chi connectivity index (χ1) is 11.2. The summed E-state index contributed by atoms with van der Waals surface area (Å²) in [5.41, 5.74) is 2.12. The normalized spacial score (nSPS) is 17.6. The van der Waals surface area contributed by atoms with E-state index in [2.05, 4.69) is 15.6 Å². The number of ether oxygens (including phenoxy) is 1. The van der Waals surface area contributed by atoms with Gasteiger partial charge in [-0.25, -0.2) is 4.68 Å². The lowest BCUT2D eigenvalue weighted by molar-refractivity contribution is 0.0852. The van der Waals surface area contributed by atoms with Crippen LogP contribution in [0.25, 0.3) is 5.69 Å². The van der Waals surface area contributed by atoms with Gasteiger partial charge < -0.3 is 10.1 Å². The third kappa shape index (κ3) is 3.42. The van der Waals surface area contributed by atoms with Crippen LogP contribution in [0.1, 0.15) is 48.8 Å². The first-order valence-corrected chi connectivity index (χ1v) is 8.07. The first-order valence-electron chi connectivity index (χ1n) is 8.07. The number of aromatic nitrogens is 3. The lowest BCUT2D eigenvalue weighted by atomic mass is 10.1. The van der Waals surface area contributed by atoms with E-state index in [0.29, 0.717) is 12.2 Å². The molecule has 1 fully saturated rings. The number of amides is 1. The van der Waals surface area contributed by atoms with Gasteiger partial charge in [-0.15, -0.1) is 5.10 Å². The second-order valence-electron chi connectivity index (χ2n) is 6.07. The zero-order valence-electron chi connectivity index (χ0n) is 13.5. The molecule has 1 aliphatic rings. The molecule has 23 heavy (non-hydrogen) atoms. The highest BCUT2D eigenvalue weighted by molar-refractivity contribution is 5.93. The fourth-order valence-electron chi connectivity index (χ4n) is 2.82. The molecule has 2 aromatic rings. The van der Waals surface area contributed by atoms with Gasteiger partial charge in [-0.1, -0.05) is 37.3 Å².